The van der Waals surface area contributed by atoms with Crippen LogP contribution in [0, 0.1) is 0 Å². The molecule has 3 heteroatoms. The lowest BCUT2D eigenvalue weighted by atomic mass is 10.0. The smallest absolute Gasteiger partial charge is 0.0599 e. The minimum atomic E-state index is -0.0723. The van der Waals surface area contributed by atoms with E-state index in [4.69, 9.17) is 4.74 Å². The van der Waals surface area contributed by atoms with Crippen molar-refractivity contribution >= 4 is 0 Å². The molecule has 1 unspecified atom stereocenters. The fourth-order valence-corrected chi connectivity index (χ4v) is 2.26. The van der Waals surface area contributed by atoms with Crippen molar-refractivity contribution in [2.45, 2.75) is 39.3 Å². The van der Waals surface area contributed by atoms with Gasteiger partial charge in [0.15, 0.2) is 0 Å². The summed E-state index contributed by atoms with van der Waals surface area (Å²) >= 11 is 0. The monoisotopic (exact) mass is 298 g/mol. The van der Waals surface area contributed by atoms with Crippen molar-refractivity contribution < 1.29 is 4.74 Å². The van der Waals surface area contributed by atoms with E-state index in [-0.39, 0.29) is 5.60 Å². The van der Waals surface area contributed by atoms with Crippen LogP contribution in [0.4, 0.5) is 0 Å². The maximum Gasteiger partial charge on any atom is 0.0599 e. The molecule has 2 rings (SSSR count). The predicted octanol–water partition coefficient (Wildman–Crippen LogP) is 4.21. The fraction of sp³-hybridized carbons (Fsp3) is 0.421. The van der Waals surface area contributed by atoms with E-state index in [1.807, 2.05) is 24.5 Å². The summed E-state index contributed by atoms with van der Waals surface area (Å²) < 4.78 is 5.72. The van der Waals surface area contributed by atoms with Crippen molar-refractivity contribution in [3.8, 4) is 11.1 Å². The standard InChI is InChI=1S/C19H26N2O/c1-15(21-13-14-22-19(2,3)4)16-5-7-17(8-6-16)18-9-11-20-12-10-18/h5-12,15,21H,13-14H2,1-4H3. The average Bonchev–Trinajstić information content (AvgIpc) is 2.51. The van der Waals surface area contributed by atoms with Crippen molar-refractivity contribution in [3.05, 3.63) is 54.4 Å². The topological polar surface area (TPSA) is 34.1 Å². The summed E-state index contributed by atoms with van der Waals surface area (Å²) in [5, 5.41) is 3.50. The molecule has 3 nitrogen and oxygen atoms in total. The second-order valence-corrected chi connectivity index (χ2v) is 6.49. The molecule has 2 aromatic rings. The van der Waals surface area contributed by atoms with Gasteiger partial charge in [0.25, 0.3) is 0 Å². The van der Waals surface area contributed by atoms with Gasteiger partial charge in [-0.2, -0.15) is 0 Å². The summed E-state index contributed by atoms with van der Waals surface area (Å²) in [6, 6.07) is 13.1. The number of ether oxygens (including phenoxy) is 1. The lowest BCUT2D eigenvalue weighted by molar-refractivity contribution is -0.00149. The Morgan fingerprint density at radius 1 is 1.00 bits per heavy atom. The molecule has 0 radical (unpaired) electrons. The molecule has 1 aromatic heterocycles. The second kappa shape index (κ2) is 7.52. The Morgan fingerprint density at radius 2 is 1.59 bits per heavy atom. The highest BCUT2D eigenvalue weighted by atomic mass is 16.5. The summed E-state index contributed by atoms with van der Waals surface area (Å²) in [7, 11) is 0. The van der Waals surface area contributed by atoms with E-state index >= 15 is 0 Å². The first-order valence-electron chi connectivity index (χ1n) is 7.83. The number of hydrogen-bond donors (Lipinski definition) is 1. The van der Waals surface area contributed by atoms with Crippen molar-refractivity contribution in [1.29, 1.82) is 0 Å². The Kier molecular flexibility index (Phi) is 5.69. The molecule has 1 atom stereocenters. The van der Waals surface area contributed by atoms with Gasteiger partial charge in [-0.15, -0.1) is 0 Å². The van der Waals surface area contributed by atoms with Gasteiger partial charge in [0.05, 0.1) is 12.2 Å². The lowest BCUT2D eigenvalue weighted by Crippen LogP contribution is -2.28. The molecule has 0 saturated carbocycles. The van der Waals surface area contributed by atoms with Crippen molar-refractivity contribution in [3.63, 3.8) is 0 Å². The molecule has 22 heavy (non-hydrogen) atoms. The lowest BCUT2D eigenvalue weighted by Gasteiger charge is -2.21. The van der Waals surface area contributed by atoms with E-state index in [1.165, 1.54) is 16.7 Å². The van der Waals surface area contributed by atoms with Gasteiger partial charge in [0.2, 0.25) is 0 Å². The van der Waals surface area contributed by atoms with E-state index in [9.17, 15) is 0 Å². The molecule has 1 N–H and O–H groups in total. The molecule has 0 aliphatic heterocycles. The first-order chi connectivity index (χ1) is 10.5. The van der Waals surface area contributed by atoms with Gasteiger partial charge in [0.1, 0.15) is 0 Å². The van der Waals surface area contributed by atoms with Crippen LogP contribution in [-0.2, 0) is 4.74 Å². The molecule has 0 fully saturated rings. The minimum absolute atomic E-state index is 0.0723. The maximum atomic E-state index is 5.72. The summed E-state index contributed by atoms with van der Waals surface area (Å²) in [6.07, 6.45) is 3.64. The van der Waals surface area contributed by atoms with Crippen molar-refractivity contribution in [2.75, 3.05) is 13.2 Å². The van der Waals surface area contributed by atoms with E-state index in [0.29, 0.717) is 6.04 Å². The number of hydrogen-bond acceptors (Lipinski definition) is 3. The third-order valence-electron chi connectivity index (χ3n) is 3.51. The zero-order valence-electron chi connectivity index (χ0n) is 14.0. The third-order valence-corrected chi connectivity index (χ3v) is 3.51. The van der Waals surface area contributed by atoms with E-state index < -0.39 is 0 Å². The highest BCUT2D eigenvalue weighted by Crippen LogP contribution is 2.21. The van der Waals surface area contributed by atoms with Gasteiger partial charge in [-0.25, -0.2) is 0 Å². The first-order valence-corrected chi connectivity index (χ1v) is 7.83. The Balaban J connectivity index is 1.87. The molecule has 1 aromatic carbocycles. The fourth-order valence-electron chi connectivity index (χ4n) is 2.26. The predicted molar refractivity (Wildman–Crippen MR) is 91.8 cm³/mol. The number of aromatic nitrogens is 1. The van der Waals surface area contributed by atoms with E-state index in [2.05, 4.69) is 62.3 Å². The molecule has 0 saturated heterocycles. The van der Waals surface area contributed by atoms with E-state index in [0.717, 1.165) is 13.2 Å². The molecule has 118 valence electrons. The Morgan fingerprint density at radius 3 is 2.18 bits per heavy atom. The van der Waals surface area contributed by atoms with Crippen LogP contribution in [0.1, 0.15) is 39.3 Å². The zero-order valence-corrected chi connectivity index (χ0v) is 14.0. The Hall–Kier alpha value is -1.71. The largest absolute Gasteiger partial charge is 0.375 e. The van der Waals surface area contributed by atoms with Gasteiger partial charge >= 0.3 is 0 Å². The summed E-state index contributed by atoms with van der Waals surface area (Å²) in [4.78, 5) is 4.05. The molecule has 0 aliphatic carbocycles. The quantitative estimate of drug-likeness (QED) is 0.811. The van der Waals surface area contributed by atoms with Gasteiger partial charge in [-0.1, -0.05) is 24.3 Å². The zero-order chi connectivity index (χ0) is 16.0. The third kappa shape index (κ3) is 5.24. The summed E-state index contributed by atoms with van der Waals surface area (Å²) in [6.45, 7) is 9.99. The van der Waals surface area contributed by atoms with Crippen LogP contribution < -0.4 is 5.32 Å². The number of benzene rings is 1. The number of rotatable bonds is 6. The summed E-state index contributed by atoms with van der Waals surface area (Å²) in [5.74, 6) is 0. The number of nitrogens with one attached hydrogen (secondary N) is 1. The Labute approximate surface area is 133 Å². The SMILES string of the molecule is CC(NCCOC(C)(C)C)c1ccc(-c2ccncc2)cc1. The highest BCUT2D eigenvalue weighted by Gasteiger charge is 2.10. The van der Waals surface area contributed by atoms with Crippen LogP contribution in [0.2, 0.25) is 0 Å². The van der Waals surface area contributed by atoms with Crippen molar-refractivity contribution in [2.24, 2.45) is 0 Å². The normalized spacial score (nSPS) is 13.1. The molecule has 0 aliphatic rings. The van der Waals surface area contributed by atoms with Crippen LogP contribution in [0.15, 0.2) is 48.8 Å². The molecule has 0 spiro atoms. The van der Waals surface area contributed by atoms with Gasteiger partial charge < -0.3 is 10.1 Å². The van der Waals surface area contributed by atoms with Crippen molar-refractivity contribution in [1.82, 2.24) is 10.3 Å². The average molecular weight is 298 g/mol. The molecule has 0 amide bonds. The minimum Gasteiger partial charge on any atom is -0.375 e. The van der Waals surface area contributed by atoms with Gasteiger partial charge in [-0.05, 0) is 56.5 Å². The van der Waals surface area contributed by atoms with Crippen LogP contribution in [0.25, 0.3) is 11.1 Å². The van der Waals surface area contributed by atoms with Gasteiger partial charge in [0, 0.05) is 25.0 Å². The number of nitrogens with zero attached hydrogens (tertiary/aromatic N) is 1. The summed E-state index contributed by atoms with van der Waals surface area (Å²) in [5.41, 5.74) is 3.63. The molecular formula is C19H26N2O. The van der Waals surface area contributed by atoms with Gasteiger partial charge in [-0.3, -0.25) is 4.98 Å². The second-order valence-electron chi connectivity index (χ2n) is 6.49. The molecule has 0 bridgehead atoms. The first kappa shape index (κ1) is 16.7. The molecular weight excluding hydrogens is 272 g/mol. The Bertz CT molecular complexity index is 558. The van der Waals surface area contributed by atoms with Crippen LogP contribution in [-0.4, -0.2) is 23.7 Å². The van der Waals surface area contributed by atoms with Crippen LogP contribution >= 0.6 is 0 Å². The van der Waals surface area contributed by atoms with E-state index in [1.54, 1.807) is 0 Å². The maximum absolute atomic E-state index is 5.72. The number of pyridine rings is 1. The molecule has 1 heterocycles. The highest BCUT2D eigenvalue weighted by molar-refractivity contribution is 5.62. The van der Waals surface area contributed by atoms with Crippen LogP contribution in [0.5, 0.6) is 0 Å². The van der Waals surface area contributed by atoms with Crippen LogP contribution in [0.3, 0.4) is 0 Å².